The van der Waals surface area contributed by atoms with Gasteiger partial charge in [0.2, 0.25) is 0 Å². The average Bonchev–Trinajstić information content (AvgIpc) is 2.95. The van der Waals surface area contributed by atoms with Crippen LogP contribution in [-0.2, 0) is 17.4 Å². The Labute approximate surface area is 126 Å². The predicted molar refractivity (Wildman–Crippen MR) is 74.8 cm³/mol. The molecule has 0 atom stereocenters. The Morgan fingerprint density at radius 3 is 2.73 bits per heavy atom. The van der Waals surface area contributed by atoms with Gasteiger partial charge in [0.1, 0.15) is 0 Å². The summed E-state index contributed by atoms with van der Waals surface area (Å²) < 4.78 is 39.8. The molecule has 3 aromatic rings. The molecule has 22 heavy (non-hydrogen) atoms. The van der Waals surface area contributed by atoms with Crippen molar-refractivity contribution in [2.24, 2.45) is 0 Å². The van der Waals surface area contributed by atoms with Crippen molar-refractivity contribution in [3.63, 3.8) is 0 Å². The van der Waals surface area contributed by atoms with Gasteiger partial charge in [-0.2, -0.15) is 13.2 Å². The second kappa shape index (κ2) is 5.13. The van der Waals surface area contributed by atoms with Gasteiger partial charge in [-0.25, -0.2) is 4.98 Å². The summed E-state index contributed by atoms with van der Waals surface area (Å²) in [5, 5.41) is 8.74. The first kappa shape index (κ1) is 14.6. The maximum atomic E-state index is 12.7. The fourth-order valence-corrected chi connectivity index (χ4v) is 3.02. The number of thiazole rings is 1. The van der Waals surface area contributed by atoms with Crippen molar-refractivity contribution in [2.75, 3.05) is 0 Å². The number of fused-ring (bicyclic) bond motifs is 1. The number of carboxylic acid groups (broad SMARTS) is 1. The molecule has 8 heteroatoms. The van der Waals surface area contributed by atoms with Crippen molar-refractivity contribution in [3.8, 4) is 11.3 Å². The third kappa shape index (κ3) is 2.82. The largest absolute Gasteiger partial charge is 0.481 e. The van der Waals surface area contributed by atoms with Crippen LogP contribution in [0.1, 0.15) is 10.4 Å². The molecule has 0 saturated carbocycles. The van der Waals surface area contributed by atoms with Crippen molar-refractivity contribution in [2.45, 2.75) is 12.6 Å². The summed E-state index contributed by atoms with van der Waals surface area (Å²) in [5.41, 5.74) is 0.0534. The van der Waals surface area contributed by atoms with Gasteiger partial charge in [-0.15, -0.1) is 11.3 Å². The normalized spacial score (nSPS) is 12.0. The molecular weight excluding hydrogens is 317 g/mol. The van der Waals surface area contributed by atoms with Crippen LogP contribution in [0.2, 0.25) is 0 Å². The number of benzene rings is 1. The first-order chi connectivity index (χ1) is 10.3. The SMILES string of the molecule is O=C(O)Cc1cn2cc(-c3cccc(C(F)(F)F)c3)nc2s1. The molecule has 0 spiro atoms. The smallest absolute Gasteiger partial charge is 0.416 e. The van der Waals surface area contributed by atoms with E-state index < -0.39 is 17.7 Å². The Morgan fingerprint density at radius 1 is 1.32 bits per heavy atom. The molecule has 114 valence electrons. The van der Waals surface area contributed by atoms with Crippen LogP contribution in [0, 0.1) is 0 Å². The standard InChI is InChI=1S/C14H9F3N2O2S/c15-14(16,17)9-3-1-2-8(4-9)11-7-19-6-10(5-12(20)21)22-13(19)18-11/h1-4,6-7H,5H2,(H,20,21). The highest BCUT2D eigenvalue weighted by molar-refractivity contribution is 7.17. The van der Waals surface area contributed by atoms with E-state index in [-0.39, 0.29) is 6.42 Å². The second-order valence-electron chi connectivity index (χ2n) is 4.66. The number of carboxylic acids is 1. The quantitative estimate of drug-likeness (QED) is 0.798. The Hall–Kier alpha value is -2.35. The first-order valence-corrected chi connectivity index (χ1v) is 7.01. The van der Waals surface area contributed by atoms with Crippen LogP contribution in [0.3, 0.4) is 0 Å². The zero-order chi connectivity index (χ0) is 15.9. The molecule has 0 saturated heterocycles. The highest BCUT2D eigenvalue weighted by Gasteiger charge is 2.30. The number of carbonyl (C=O) groups is 1. The van der Waals surface area contributed by atoms with Crippen molar-refractivity contribution in [1.82, 2.24) is 9.38 Å². The lowest BCUT2D eigenvalue weighted by Gasteiger charge is -2.07. The minimum absolute atomic E-state index is 0.104. The van der Waals surface area contributed by atoms with Crippen LogP contribution in [-0.4, -0.2) is 20.5 Å². The fourth-order valence-electron chi connectivity index (χ4n) is 2.07. The molecule has 0 bridgehead atoms. The van der Waals surface area contributed by atoms with E-state index in [0.29, 0.717) is 21.1 Å². The zero-order valence-electron chi connectivity index (χ0n) is 11.0. The summed E-state index contributed by atoms with van der Waals surface area (Å²) in [5.74, 6) is -0.942. The number of nitrogens with zero attached hydrogens (tertiary/aromatic N) is 2. The second-order valence-corrected chi connectivity index (χ2v) is 5.76. The number of aromatic nitrogens is 2. The summed E-state index contributed by atoms with van der Waals surface area (Å²) >= 11 is 1.20. The van der Waals surface area contributed by atoms with E-state index in [0.717, 1.165) is 12.1 Å². The maximum Gasteiger partial charge on any atom is 0.416 e. The lowest BCUT2D eigenvalue weighted by molar-refractivity contribution is -0.138. The Balaban J connectivity index is 1.97. The van der Waals surface area contributed by atoms with Gasteiger partial charge in [0, 0.05) is 22.8 Å². The van der Waals surface area contributed by atoms with E-state index in [1.807, 2.05) is 0 Å². The van der Waals surface area contributed by atoms with Gasteiger partial charge < -0.3 is 5.11 Å². The topological polar surface area (TPSA) is 54.6 Å². The van der Waals surface area contributed by atoms with Gasteiger partial charge in [0.25, 0.3) is 0 Å². The molecule has 3 rings (SSSR count). The number of hydrogen-bond acceptors (Lipinski definition) is 3. The first-order valence-electron chi connectivity index (χ1n) is 6.20. The van der Waals surface area contributed by atoms with Crippen LogP contribution in [0.4, 0.5) is 13.2 Å². The summed E-state index contributed by atoms with van der Waals surface area (Å²) in [6.07, 6.45) is -1.29. The van der Waals surface area contributed by atoms with Crippen LogP contribution >= 0.6 is 11.3 Å². The summed E-state index contributed by atoms with van der Waals surface area (Å²) in [6, 6.07) is 4.94. The molecule has 1 aromatic carbocycles. The highest BCUT2D eigenvalue weighted by atomic mass is 32.1. The minimum atomic E-state index is -4.40. The molecule has 0 aliphatic carbocycles. The van der Waals surface area contributed by atoms with Gasteiger partial charge in [-0.1, -0.05) is 12.1 Å². The number of hydrogen-bond donors (Lipinski definition) is 1. The Kier molecular flexibility index (Phi) is 3.40. The lowest BCUT2D eigenvalue weighted by Crippen LogP contribution is -2.04. The third-order valence-corrected chi connectivity index (χ3v) is 4.01. The number of rotatable bonds is 3. The van der Waals surface area contributed by atoms with Crippen molar-refractivity contribution < 1.29 is 23.1 Å². The lowest BCUT2D eigenvalue weighted by atomic mass is 10.1. The van der Waals surface area contributed by atoms with Gasteiger partial charge >= 0.3 is 12.1 Å². The molecule has 0 aliphatic heterocycles. The van der Waals surface area contributed by atoms with Crippen LogP contribution < -0.4 is 0 Å². The number of aliphatic carboxylic acids is 1. The molecule has 0 aliphatic rings. The summed E-state index contributed by atoms with van der Waals surface area (Å²) in [7, 11) is 0. The van der Waals surface area contributed by atoms with Crippen molar-refractivity contribution in [3.05, 3.63) is 47.1 Å². The van der Waals surface area contributed by atoms with Crippen LogP contribution in [0.25, 0.3) is 16.2 Å². The van der Waals surface area contributed by atoms with Crippen LogP contribution in [0.15, 0.2) is 36.7 Å². The average molecular weight is 326 g/mol. The highest BCUT2D eigenvalue weighted by Crippen LogP contribution is 2.32. The van der Waals surface area contributed by atoms with E-state index in [9.17, 15) is 18.0 Å². The fraction of sp³-hybridized carbons (Fsp3) is 0.143. The van der Waals surface area contributed by atoms with Crippen LogP contribution in [0.5, 0.6) is 0 Å². The van der Waals surface area contributed by atoms with Gasteiger partial charge in [-0.05, 0) is 12.1 Å². The zero-order valence-corrected chi connectivity index (χ0v) is 11.8. The van der Waals surface area contributed by atoms with E-state index in [4.69, 9.17) is 5.11 Å². The maximum absolute atomic E-state index is 12.7. The molecule has 4 nitrogen and oxygen atoms in total. The Morgan fingerprint density at radius 2 is 2.09 bits per heavy atom. The van der Waals surface area contributed by atoms with E-state index in [1.165, 1.54) is 17.4 Å². The molecule has 0 unspecified atom stereocenters. The van der Waals surface area contributed by atoms with Crippen molar-refractivity contribution in [1.29, 1.82) is 0 Å². The van der Waals surface area contributed by atoms with E-state index in [2.05, 4.69) is 4.98 Å². The molecular formula is C14H9F3N2O2S. The monoisotopic (exact) mass is 326 g/mol. The predicted octanol–water partition coefficient (Wildman–Crippen LogP) is 3.71. The summed E-state index contributed by atoms with van der Waals surface area (Å²) in [6.45, 7) is 0. The van der Waals surface area contributed by atoms with Crippen molar-refractivity contribution >= 4 is 22.3 Å². The number of imidazole rings is 1. The van der Waals surface area contributed by atoms with Gasteiger partial charge in [-0.3, -0.25) is 9.20 Å². The van der Waals surface area contributed by atoms with E-state index >= 15 is 0 Å². The molecule has 1 N–H and O–H groups in total. The molecule has 0 amide bonds. The minimum Gasteiger partial charge on any atom is -0.481 e. The Bertz CT molecular complexity index is 820. The molecule has 0 fully saturated rings. The number of halogens is 3. The third-order valence-electron chi connectivity index (χ3n) is 3.01. The number of alkyl halides is 3. The molecule has 2 heterocycles. The van der Waals surface area contributed by atoms with Gasteiger partial charge in [0.05, 0.1) is 17.7 Å². The van der Waals surface area contributed by atoms with E-state index in [1.54, 1.807) is 22.9 Å². The van der Waals surface area contributed by atoms with Gasteiger partial charge in [0.15, 0.2) is 4.96 Å². The molecule has 0 radical (unpaired) electrons. The molecule has 2 aromatic heterocycles. The summed E-state index contributed by atoms with van der Waals surface area (Å²) in [4.78, 5) is 16.1.